The third kappa shape index (κ3) is 4.93. The van der Waals surface area contributed by atoms with Crippen molar-refractivity contribution in [2.24, 2.45) is 0 Å². The normalized spacial score (nSPS) is 16.0. The molecule has 0 atom stereocenters. The van der Waals surface area contributed by atoms with Crippen LogP contribution in [0.3, 0.4) is 0 Å². The highest BCUT2D eigenvalue weighted by molar-refractivity contribution is 5.78. The lowest BCUT2D eigenvalue weighted by Gasteiger charge is -2.35. The van der Waals surface area contributed by atoms with Crippen LogP contribution in [0.15, 0.2) is 24.3 Å². The number of nitrogens with one attached hydrogen (secondary N) is 1. The highest BCUT2D eigenvalue weighted by Gasteiger charge is 2.18. The van der Waals surface area contributed by atoms with Crippen LogP contribution in [0.2, 0.25) is 0 Å². The number of carbonyl (C=O) groups is 1. The van der Waals surface area contributed by atoms with Gasteiger partial charge in [-0.15, -0.1) is 0 Å². The van der Waals surface area contributed by atoms with Gasteiger partial charge >= 0.3 is 0 Å². The van der Waals surface area contributed by atoms with Crippen LogP contribution in [0.1, 0.15) is 19.8 Å². The topological polar surface area (TPSA) is 61.6 Å². The zero-order chi connectivity index (χ0) is 15.1. The Labute approximate surface area is 127 Å². The summed E-state index contributed by atoms with van der Waals surface area (Å²) in [5.41, 5.74) is 7.71. The summed E-state index contributed by atoms with van der Waals surface area (Å²) in [6.07, 6.45) is 2.16. The lowest BCUT2D eigenvalue weighted by atomic mass is 10.2. The van der Waals surface area contributed by atoms with E-state index in [9.17, 15) is 4.79 Å². The predicted octanol–water partition coefficient (Wildman–Crippen LogP) is 1.31. The molecule has 1 aromatic carbocycles. The summed E-state index contributed by atoms with van der Waals surface area (Å²) in [6, 6.07) is 7.98. The third-order valence-electron chi connectivity index (χ3n) is 3.85. The molecule has 3 N–H and O–H groups in total. The molecular formula is C16H26N4O. The summed E-state index contributed by atoms with van der Waals surface area (Å²) < 4.78 is 0. The van der Waals surface area contributed by atoms with Gasteiger partial charge in [0, 0.05) is 44.1 Å². The van der Waals surface area contributed by atoms with E-state index in [1.54, 1.807) is 0 Å². The Balaban J connectivity index is 1.73. The highest BCUT2D eigenvalue weighted by atomic mass is 16.2. The quantitative estimate of drug-likeness (QED) is 0.612. The molecule has 0 bridgehead atoms. The van der Waals surface area contributed by atoms with Gasteiger partial charge in [-0.2, -0.15) is 0 Å². The molecule has 0 aliphatic carbocycles. The Morgan fingerprint density at radius 3 is 2.48 bits per heavy atom. The van der Waals surface area contributed by atoms with Crippen molar-refractivity contribution in [3.05, 3.63) is 24.3 Å². The maximum Gasteiger partial charge on any atom is 0.234 e. The van der Waals surface area contributed by atoms with Gasteiger partial charge in [0.2, 0.25) is 5.91 Å². The molecule has 116 valence electrons. The maximum absolute atomic E-state index is 11.8. The minimum atomic E-state index is 0.143. The summed E-state index contributed by atoms with van der Waals surface area (Å²) in [7, 11) is 0. The molecule has 1 aliphatic rings. The van der Waals surface area contributed by atoms with Crippen molar-refractivity contribution in [1.82, 2.24) is 10.2 Å². The number of benzene rings is 1. The van der Waals surface area contributed by atoms with Crippen LogP contribution in [0.25, 0.3) is 0 Å². The number of piperazine rings is 1. The number of hydrogen-bond donors (Lipinski definition) is 2. The van der Waals surface area contributed by atoms with Crippen molar-refractivity contribution >= 4 is 17.3 Å². The third-order valence-corrected chi connectivity index (χ3v) is 3.85. The summed E-state index contributed by atoms with van der Waals surface area (Å²) >= 11 is 0. The molecule has 0 spiro atoms. The van der Waals surface area contributed by atoms with Crippen LogP contribution in [-0.4, -0.2) is 50.1 Å². The molecule has 1 aromatic rings. The standard InChI is InChI=1S/C16H26N4O/c1-2-3-8-18-16(21)13-19-9-11-20(12-10-19)15-6-4-14(17)5-7-15/h4-7H,2-3,8-13,17H2,1H3,(H,18,21). The lowest BCUT2D eigenvalue weighted by Crippen LogP contribution is -2.49. The summed E-state index contributed by atoms with van der Waals surface area (Å²) in [6.45, 7) is 7.18. The number of anilines is 2. The molecule has 0 radical (unpaired) electrons. The Morgan fingerprint density at radius 1 is 1.19 bits per heavy atom. The number of nitrogens with zero attached hydrogens (tertiary/aromatic N) is 2. The number of amides is 1. The first-order valence-corrected chi connectivity index (χ1v) is 7.78. The molecule has 1 heterocycles. The van der Waals surface area contributed by atoms with Crippen molar-refractivity contribution in [1.29, 1.82) is 0 Å². The minimum absolute atomic E-state index is 0.143. The molecule has 21 heavy (non-hydrogen) atoms. The van der Waals surface area contributed by atoms with Gasteiger partial charge in [0.15, 0.2) is 0 Å². The molecule has 0 saturated carbocycles. The molecule has 2 rings (SSSR count). The van der Waals surface area contributed by atoms with Gasteiger partial charge in [0.25, 0.3) is 0 Å². The minimum Gasteiger partial charge on any atom is -0.399 e. The molecule has 1 fully saturated rings. The van der Waals surface area contributed by atoms with E-state index in [0.29, 0.717) is 6.54 Å². The monoisotopic (exact) mass is 290 g/mol. The first-order chi connectivity index (χ1) is 10.2. The van der Waals surface area contributed by atoms with E-state index in [1.807, 2.05) is 12.1 Å². The Bertz CT molecular complexity index is 438. The summed E-state index contributed by atoms with van der Waals surface area (Å²) in [4.78, 5) is 16.4. The molecule has 5 nitrogen and oxygen atoms in total. The molecule has 1 saturated heterocycles. The van der Waals surface area contributed by atoms with Crippen molar-refractivity contribution in [2.45, 2.75) is 19.8 Å². The number of unbranched alkanes of at least 4 members (excludes halogenated alkanes) is 1. The van der Waals surface area contributed by atoms with E-state index in [-0.39, 0.29) is 5.91 Å². The number of nitrogen functional groups attached to an aromatic ring is 1. The van der Waals surface area contributed by atoms with Gasteiger partial charge in [-0.3, -0.25) is 9.69 Å². The van der Waals surface area contributed by atoms with Crippen LogP contribution in [0.4, 0.5) is 11.4 Å². The first-order valence-electron chi connectivity index (χ1n) is 7.78. The lowest BCUT2D eigenvalue weighted by molar-refractivity contribution is -0.122. The average molecular weight is 290 g/mol. The number of rotatable bonds is 6. The number of carbonyl (C=O) groups excluding carboxylic acids is 1. The second-order valence-corrected chi connectivity index (χ2v) is 5.56. The zero-order valence-corrected chi connectivity index (χ0v) is 12.8. The van der Waals surface area contributed by atoms with Crippen molar-refractivity contribution in [2.75, 3.05) is 49.9 Å². The van der Waals surface area contributed by atoms with E-state index < -0.39 is 0 Å². The average Bonchev–Trinajstić information content (AvgIpc) is 2.49. The first kappa shape index (κ1) is 15.6. The van der Waals surface area contributed by atoms with Gasteiger partial charge in [-0.05, 0) is 30.7 Å². The fraction of sp³-hybridized carbons (Fsp3) is 0.562. The highest BCUT2D eigenvalue weighted by Crippen LogP contribution is 2.17. The van der Waals surface area contributed by atoms with Crippen LogP contribution in [0.5, 0.6) is 0 Å². The molecule has 5 heteroatoms. The van der Waals surface area contributed by atoms with Crippen molar-refractivity contribution < 1.29 is 4.79 Å². The second kappa shape index (κ2) is 7.88. The van der Waals surface area contributed by atoms with Crippen LogP contribution in [-0.2, 0) is 4.79 Å². The van der Waals surface area contributed by atoms with E-state index in [4.69, 9.17) is 5.73 Å². The molecule has 1 amide bonds. The smallest absolute Gasteiger partial charge is 0.234 e. The van der Waals surface area contributed by atoms with Gasteiger partial charge < -0.3 is 16.0 Å². The van der Waals surface area contributed by atoms with Crippen molar-refractivity contribution in [3.63, 3.8) is 0 Å². The van der Waals surface area contributed by atoms with E-state index in [0.717, 1.165) is 51.3 Å². The van der Waals surface area contributed by atoms with Gasteiger partial charge in [0.05, 0.1) is 6.54 Å². The second-order valence-electron chi connectivity index (χ2n) is 5.56. The predicted molar refractivity (Wildman–Crippen MR) is 87.4 cm³/mol. The number of nitrogens with two attached hydrogens (primary N) is 1. The Morgan fingerprint density at radius 2 is 1.86 bits per heavy atom. The zero-order valence-electron chi connectivity index (χ0n) is 12.8. The SMILES string of the molecule is CCCCNC(=O)CN1CCN(c2ccc(N)cc2)CC1. The summed E-state index contributed by atoms with van der Waals surface area (Å²) in [5, 5.41) is 2.97. The molecule has 0 unspecified atom stereocenters. The van der Waals surface area contributed by atoms with Crippen LogP contribution < -0.4 is 16.0 Å². The maximum atomic E-state index is 11.8. The van der Waals surface area contributed by atoms with Crippen LogP contribution in [0, 0.1) is 0 Å². The van der Waals surface area contributed by atoms with E-state index in [1.165, 1.54) is 5.69 Å². The fourth-order valence-electron chi connectivity index (χ4n) is 2.51. The fourth-order valence-corrected chi connectivity index (χ4v) is 2.51. The molecule has 1 aliphatic heterocycles. The van der Waals surface area contributed by atoms with Gasteiger partial charge in [-0.1, -0.05) is 13.3 Å². The Hall–Kier alpha value is -1.75. The van der Waals surface area contributed by atoms with Gasteiger partial charge in [-0.25, -0.2) is 0 Å². The van der Waals surface area contributed by atoms with E-state index in [2.05, 4.69) is 34.2 Å². The van der Waals surface area contributed by atoms with Gasteiger partial charge in [0.1, 0.15) is 0 Å². The molecular weight excluding hydrogens is 264 g/mol. The van der Waals surface area contributed by atoms with Crippen LogP contribution >= 0.6 is 0 Å². The van der Waals surface area contributed by atoms with E-state index >= 15 is 0 Å². The van der Waals surface area contributed by atoms with Crippen molar-refractivity contribution in [3.8, 4) is 0 Å². The number of hydrogen-bond acceptors (Lipinski definition) is 4. The largest absolute Gasteiger partial charge is 0.399 e. The summed E-state index contributed by atoms with van der Waals surface area (Å²) in [5.74, 6) is 0.143. The molecule has 0 aromatic heterocycles. The Kier molecular flexibility index (Phi) is 5.87.